The summed E-state index contributed by atoms with van der Waals surface area (Å²) in [6.45, 7) is 4.15. The summed E-state index contributed by atoms with van der Waals surface area (Å²) >= 11 is 0. The van der Waals surface area contributed by atoms with Crippen LogP contribution in [0.4, 0.5) is 5.69 Å². The second kappa shape index (κ2) is 4.99. The Labute approximate surface area is 117 Å². The van der Waals surface area contributed by atoms with Gasteiger partial charge in [-0.1, -0.05) is 6.07 Å². The van der Waals surface area contributed by atoms with Gasteiger partial charge in [0.25, 0.3) is 0 Å². The fourth-order valence-electron chi connectivity index (χ4n) is 2.62. The number of aromatic nitrogens is 2. The third-order valence-electron chi connectivity index (χ3n) is 3.70. The molecule has 2 heterocycles. The number of rotatable bonds is 2. The summed E-state index contributed by atoms with van der Waals surface area (Å²) in [6, 6.07) is 7.58. The third-order valence-corrected chi connectivity index (χ3v) is 3.70. The van der Waals surface area contributed by atoms with Crippen LogP contribution in [-0.4, -0.2) is 21.2 Å². The fourth-order valence-corrected chi connectivity index (χ4v) is 2.62. The quantitative estimate of drug-likeness (QED) is 0.902. The predicted molar refractivity (Wildman–Crippen MR) is 75.1 cm³/mol. The molecule has 1 aliphatic heterocycles. The predicted octanol–water partition coefficient (Wildman–Crippen LogP) is 1.83. The SMILES string of the molecule is C[C@H](O)c1ccc(C#N)cc1N1CCn2ccnc2C1. The number of benzene rings is 1. The lowest BCUT2D eigenvalue weighted by Crippen LogP contribution is -2.34. The average Bonchev–Trinajstić information content (AvgIpc) is 2.93. The van der Waals surface area contributed by atoms with E-state index in [1.54, 1.807) is 19.2 Å². The molecule has 0 spiro atoms. The van der Waals surface area contributed by atoms with Gasteiger partial charge in [0.1, 0.15) is 5.82 Å². The Bertz CT molecular complexity index is 669. The van der Waals surface area contributed by atoms with Crippen LogP contribution in [0.1, 0.15) is 30.0 Å². The van der Waals surface area contributed by atoms with Gasteiger partial charge in [-0.15, -0.1) is 0 Å². The van der Waals surface area contributed by atoms with E-state index in [9.17, 15) is 5.11 Å². The molecule has 0 fully saturated rings. The molecule has 0 amide bonds. The van der Waals surface area contributed by atoms with Crippen LogP contribution in [0.15, 0.2) is 30.6 Å². The number of nitriles is 1. The van der Waals surface area contributed by atoms with E-state index in [4.69, 9.17) is 5.26 Å². The molecule has 5 nitrogen and oxygen atoms in total. The Hall–Kier alpha value is -2.32. The fraction of sp³-hybridized carbons (Fsp3) is 0.333. The van der Waals surface area contributed by atoms with Gasteiger partial charge in [0.15, 0.2) is 0 Å². The van der Waals surface area contributed by atoms with Gasteiger partial charge in [-0.05, 0) is 19.1 Å². The highest BCUT2D eigenvalue weighted by molar-refractivity contribution is 5.58. The maximum Gasteiger partial charge on any atom is 0.128 e. The molecule has 3 rings (SSSR count). The van der Waals surface area contributed by atoms with Gasteiger partial charge < -0.3 is 14.6 Å². The summed E-state index contributed by atoms with van der Waals surface area (Å²) in [5.74, 6) is 1.01. The van der Waals surface area contributed by atoms with Crippen molar-refractivity contribution >= 4 is 5.69 Å². The van der Waals surface area contributed by atoms with Crippen LogP contribution in [-0.2, 0) is 13.1 Å². The normalized spacial score (nSPS) is 15.6. The van der Waals surface area contributed by atoms with Crippen LogP contribution in [0.3, 0.4) is 0 Å². The van der Waals surface area contributed by atoms with Crippen molar-refractivity contribution in [3.8, 4) is 6.07 Å². The van der Waals surface area contributed by atoms with Crippen molar-refractivity contribution in [2.24, 2.45) is 0 Å². The zero-order chi connectivity index (χ0) is 14.1. The van der Waals surface area contributed by atoms with Crippen molar-refractivity contribution < 1.29 is 5.11 Å². The molecule has 0 radical (unpaired) electrons. The minimum absolute atomic E-state index is 0.556. The van der Waals surface area contributed by atoms with Gasteiger partial charge >= 0.3 is 0 Å². The Morgan fingerprint density at radius 3 is 3.00 bits per heavy atom. The Kier molecular flexibility index (Phi) is 3.17. The average molecular weight is 268 g/mol. The monoisotopic (exact) mass is 268 g/mol. The largest absolute Gasteiger partial charge is 0.389 e. The molecule has 0 unspecified atom stereocenters. The van der Waals surface area contributed by atoms with E-state index in [0.29, 0.717) is 12.1 Å². The van der Waals surface area contributed by atoms with Crippen LogP contribution >= 0.6 is 0 Å². The summed E-state index contributed by atoms with van der Waals surface area (Å²) in [4.78, 5) is 6.52. The van der Waals surface area contributed by atoms with E-state index in [1.165, 1.54) is 0 Å². The Morgan fingerprint density at radius 1 is 1.40 bits per heavy atom. The minimum atomic E-state index is -0.556. The van der Waals surface area contributed by atoms with Crippen molar-refractivity contribution in [3.63, 3.8) is 0 Å². The van der Waals surface area contributed by atoms with Crippen molar-refractivity contribution in [3.05, 3.63) is 47.5 Å². The number of nitrogens with zero attached hydrogens (tertiary/aromatic N) is 4. The lowest BCUT2D eigenvalue weighted by molar-refractivity contribution is 0.199. The zero-order valence-corrected chi connectivity index (χ0v) is 11.3. The number of fused-ring (bicyclic) bond motifs is 1. The first-order valence-electron chi connectivity index (χ1n) is 6.66. The van der Waals surface area contributed by atoms with E-state index < -0.39 is 6.10 Å². The summed E-state index contributed by atoms with van der Waals surface area (Å²) in [5.41, 5.74) is 2.38. The first-order chi connectivity index (χ1) is 9.69. The van der Waals surface area contributed by atoms with E-state index >= 15 is 0 Å². The van der Waals surface area contributed by atoms with E-state index in [-0.39, 0.29) is 0 Å². The minimum Gasteiger partial charge on any atom is -0.389 e. The molecule has 0 saturated heterocycles. The van der Waals surface area contributed by atoms with Gasteiger partial charge in [-0.2, -0.15) is 5.26 Å². The molecule has 1 atom stereocenters. The number of hydrogen-bond acceptors (Lipinski definition) is 4. The molecule has 102 valence electrons. The maximum absolute atomic E-state index is 9.92. The Morgan fingerprint density at radius 2 is 2.25 bits per heavy atom. The van der Waals surface area contributed by atoms with E-state index in [2.05, 4.69) is 20.5 Å². The summed E-state index contributed by atoms with van der Waals surface area (Å²) in [5, 5.41) is 19.0. The van der Waals surface area contributed by atoms with Gasteiger partial charge in [0.05, 0.1) is 24.3 Å². The second-order valence-electron chi connectivity index (χ2n) is 5.02. The number of anilines is 1. The van der Waals surface area contributed by atoms with Crippen LogP contribution in [0.5, 0.6) is 0 Å². The topological polar surface area (TPSA) is 65.1 Å². The van der Waals surface area contributed by atoms with E-state index in [1.807, 2.05) is 18.3 Å². The lowest BCUT2D eigenvalue weighted by Gasteiger charge is -2.31. The smallest absolute Gasteiger partial charge is 0.128 e. The van der Waals surface area contributed by atoms with Crippen molar-refractivity contribution in [1.29, 1.82) is 5.26 Å². The van der Waals surface area contributed by atoms with Crippen LogP contribution in [0.25, 0.3) is 0 Å². The number of imidazole rings is 1. The Balaban J connectivity index is 1.99. The second-order valence-corrected chi connectivity index (χ2v) is 5.02. The van der Waals surface area contributed by atoms with Crippen LogP contribution in [0, 0.1) is 11.3 Å². The molecule has 0 bridgehead atoms. The highest BCUT2D eigenvalue weighted by Crippen LogP contribution is 2.30. The number of aliphatic hydroxyl groups is 1. The molecular formula is C15H16N4O. The molecule has 1 aromatic carbocycles. The van der Waals surface area contributed by atoms with Gasteiger partial charge in [-0.25, -0.2) is 4.98 Å². The molecule has 5 heteroatoms. The highest BCUT2D eigenvalue weighted by atomic mass is 16.3. The van der Waals surface area contributed by atoms with Gasteiger partial charge in [0.2, 0.25) is 0 Å². The standard InChI is InChI=1S/C15H16N4O/c1-11(20)13-3-2-12(9-16)8-14(13)19-7-6-18-5-4-17-15(18)10-19/h2-5,8,11,20H,6-7,10H2,1H3/t11-/m0/s1. The number of hydrogen-bond donors (Lipinski definition) is 1. The van der Waals surface area contributed by atoms with Crippen LogP contribution in [0.2, 0.25) is 0 Å². The molecule has 2 aromatic rings. The molecule has 0 aliphatic carbocycles. The van der Waals surface area contributed by atoms with Crippen LogP contribution < -0.4 is 4.90 Å². The summed E-state index contributed by atoms with van der Waals surface area (Å²) in [7, 11) is 0. The zero-order valence-electron chi connectivity index (χ0n) is 11.3. The first kappa shape index (κ1) is 12.7. The lowest BCUT2D eigenvalue weighted by atomic mass is 10.0. The van der Waals surface area contributed by atoms with Gasteiger partial charge in [0, 0.05) is 36.7 Å². The third kappa shape index (κ3) is 2.15. The first-order valence-corrected chi connectivity index (χ1v) is 6.66. The van der Waals surface area contributed by atoms with Crippen molar-refractivity contribution in [2.45, 2.75) is 26.1 Å². The maximum atomic E-state index is 9.92. The molecule has 1 aromatic heterocycles. The van der Waals surface area contributed by atoms with E-state index in [0.717, 1.165) is 30.2 Å². The van der Waals surface area contributed by atoms with Crippen molar-refractivity contribution in [1.82, 2.24) is 9.55 Å². The molecule has 1 aliphatic rings. The number of aliphatic hydroxyl groups excluding tert-OH is 1. The molecule has 0 saturated carbocycles. The summed E-state index contributed by atoms with van der Waals surface area (Å²) < 4.78 is 2.13. The molecular weight excluding hydrogens is 252 g/mol. The molecule has 1 N–H and O–H groups in total. The van der Waals surface area contributed by atoms with Crippen molar-refractivity contribution in [2.75, 3.05) is 11.4 Å². The summed E-state index contributed by atoms with van der Waals surface area (Å²) in [6.07, 6.45) is 3.23. The highest BCUT2D eigenvalue weighted by Gasteiger charge is 2.21. The molecule has 20 heavy (non-hydrogen) atoms. The van der Waals surface area contributed by atoms with Gasteiger partial charge in [-0.3, -0.25) is 0 Å².